The molecule has 1 fully saturated rings. The van der Waals surface area contributed by atoms with Gasteiger partial charge in [-0.25, -0.2) is 13.6 Å². The zero-order valence-electron chi connectivity index (χ0n) is 11.6. The van der Waals surface area contributed by atoms with Gasteiger partial charge in [0.15, 0.2) is 0 Å². The molecule has 0 saturated carbocycles. The van der Waals surface area contributed by atoms with Crippen LogP contribution >= 0.6 is 11.8 Å². The second-order valence-electron chi connectivity index (χ2n) is 5.11. The number of nitrogens with two attached hydrogens (primary N) is 2. The van der Waals surface area contributed by atoms with Crippen molar-refractivity contribution in [3.8, 4) is 0 Å². The van der Waals surface area contributed by atoms with E-state index in [2.05, 4.69) is 5.32 Å². The Morgan fingerprint density at radius 1 is 1.40 bits per heavy atom. The van der Waals surface area contributed by atoms with Crippen molar-refractivity contribution < 1.29 is 8.42 Å². The summed E-state index contributed by atoms with van der Waals surface area (Å²) in [6.45, 7) is 2.56. The maximum Gasteiger partial charge on any atom is 0.238 e. The third-order valence-corrected chi connectivity index (χ3v) is 5.92. The predicted molar refractivity (Wildman–Crippen MR) is 85.6 cm³/mol. The number of hydrogen-bond donors (Lipinski definition) is 3. The number of rotatable bonds is 4. The largest absolute Gasteiger partial charge is 0.399 e. The van der Waals surface area contributed by atoms with Gasteiger partial charge >= 0.3 is 0 Å². The highest BCUT2D eigenvalue weighted by Gasteiger charge is 2.17. The van der Waals surface area contributed by atoms with Gasteiger partial charge in [-0.2, -0.15) is 11.8 Å². The van der Waals surface area contributed by atoms with E-state index < -0.39 is 10.0 Å². The van der Waals surface area contributed by atoms with E-state index in [4.69, 9.17) is 10.9 Å². The highest BCUT2D eigenvalue weighted by atomic mass is 32.2. The van der Waals surface area contributed by atoms with Crippen molar-refractivity contribution in [3.05, 3.63) is 17.7 Å². The van der Waals surface area contributed by atoms with E-state index in [1.165, 1.54) is 31.1 Å². The molecule has 112 valence electrons. The highest BCUT2D eigenvalue weighted by Crippen LogP contribution is 2.28. The van der Waals surface area contributed by atoms with Gasteiger partial charge in [0.2, 0.25) is 10.0 Å². The fourth-order valence-electron chi connectivity index (χ4n) is 2.38. The van der Waals surface area contributed by atoms with Gasteiger partial charge in [-0.3, -0.25) is 0 Å². The zero-order valence-corrected chi connectivity index (χ0v) is 13.2. The minimum atomic E-state index is -3.75. The quantitative estimate of drug-likeness (QED) is 0.737. The van der Waals surface area contributed by atoms with E-state index in [1.54, 1.807) is 13.0 Å². The first kappa shape index (κ1) is 15.5. The van der Waals surface area contributed by atoms with Crippen LogP contribution in [0.15, 0.2) is 17.0 Å². The molecule has 20 heavy (non-hydrogen) atoms. The Morgan fingerprint density at radius 3 is 2.75 bits per heavy atom. The topological polar surface area (TPSA) is 98.2 Å². The van der Waals surface area contributed by atoms with Crippen molar-refractivity contribution in [1.82, 2.24) is 0 Å². The number of anilines is 2. The molecule has 1 heterocycles. The van der Waals surface area contributed by atoms with Crippen molar-refractivity contribution in [2.24, 2.45) is 5.14 Å². The lowest BCUT2D eigenvalue weighted by Crippen LogP contribution is -2.21. The standard InChI is InChI=1S/C13H21N3O2S2/c1-9-12(16-8-11-4-2-3-5-19-11)6-10(14)7-13(9)20(15,17)18/h6-7,11,16H,2-5,8,14H2,1H3,(H2,15,17,18). The van der Waals surface area contributed by atoms with E-state index in [1.807, 2.05) is 11.8 Å². The molecule has 1 aliphatic rings. The number of nitrogen functional groups attached to an aromatic ring is 1. The van der Waals surface area contributed by atoms with Gasteiger partial charge in [0.1, 0.15) is 0 Å². The maximum absolute atomic E-state index is 11.6. The van der Waals surface area contributed by atoms with Crippen LogP contribution in [0.1, 0.15) is 24.8 Å². The zero-order chi connectivity index (χ0) is 14.8. The average Bonchev–Trinajstić information content (AvgIpc) is 2.39. The molecule has 1 aromatic carbocycles. The highest BCUT2D eigenvalue weighted by molar-refractivity contribution is 7.99. The smallest absolute Gasteiger partial charge is 0.238 e. The summed E-state index contributed by atoms with van der Waals surface area (Å²) in [4.78, 5) is 0.0938. The number of benzene rings is 1. The first-order chi connectivity index (χ1) is 9.38. The molecule has 0 bridgehead atoms. The Bertz CT molecular complexity index is 582. The van der Waals surface area contributed by atoms with Crippen LogP contribution in [-0.4, -0.2) is 26.0 Å². The molecule has 1 saturated heterocycles. The first-order valence-corrected chi connectivity index (χ1v) is 9.26. The maximum atomic E-state index is 11.6. The van der Waals surface area contributed by atoms with Gasteiger partial charge < -0.3 is 11.1 Å². The molecular weight excluding hydrogens is 294 g/mol. The van der Waals surface area contributed by atoms with Gasteiger partial charge in [0, 0.05) is 23.2 Å². The van der Waals surface area contributed by atoms with Crippen LogP contribution in [0.25, 0.3) is 0 Å². The van der Waals surface area contributed by atoms with Gasteiger partial charge in [-0.15, -0.1) is 0 Å². The summed E-state index contributed by atoms with van der Waals surface area (Å²) in [5.74, 6) is 1.20. The molecule has 1 unspecified atom stereocenters. The molecule has 7 heteroatoms. The van der Waals surface area contributed by atoms with Gasteiger partial charge in [-0.05, 0) is 43.2 Å². The van der Waals surface area contributed by atoms with Crippen molar-refractivity contribution in [3.63, 3.8) is 0 Å². The lowest BCUT2D eigenvalue weighted by molar-refractivity contribution is 0.597. The van der Waals surface area contributed by atoms with E-state index in [-0.39, 0.29) is 4.90 Å². The van der Waals surface area contributed by atoms with Gasteiger partial charge in [0.05, 0.1) is 4.90 Å². The van der Waals surface area contributed by atoms with Crippen LogP contribution in [-0.2, 0) is 10.0 Å². The number of hydrogen-bond acceptors (Lipinski definition) is 5. The summed E-state index contributed by atoms with van der Waals surface area (Å²) >= 11 is 1.97. The van der Waals surface area contributed by atoms with E-state index in [0.717, 1.165) is 12.2 Å². The summed E-state index contributed by atoms with van der Waals surface area (Å²) in [6.07, 6.45) is 3.74. The van der Waals surface area contributed by atoms with Crippen LogP contribution in [0.3, 0.4) is 0 Å². The SMILES string of the molecule is Cc1c(NCC2CCCCS2)cc(N)cc1S(N)(=O)=O. The number of primary sulfonamides is 1. The summed E-state index contributed by atoms with van der Waals surface area (Å²) < 4.78 is 23.1. The summed E-state index contributed by atoms with van der Waals surface area (Å²) in [5.41, 5.74) is 7.55. The third kappa shape index (κ3) is 3.80. The van der Waals surface area contributed by atoms with Crippen LogP contribution in [0, 0.1) is 6.92 Å². The van der Waals surface area contributed by atoms with E-state index in [0.29, 0.717) is 16.5 Å². The monoisotopic (exact) mass is 315 g/mol. The van der Waals surface area contributed by atoms with Gasteiger partial charge in [0.25, 0.3) is 0 Å². The molecule has 0 aromatic heterocycles. The number of nitrogens with one attached hydrogen (secondary N) is 1. The molecule has 0 amide bonds. The third-order valence-electron chi connectivity index (χ3n) is 3.48. The van der Waals surface area contributed by atoms with Gasteiger partial charge in [-0.1, -0.05) is 6.42 Å². The molecule has 1 atom stereocenters. The Morgan fingerprint density at radius 2 is 2.15 bits per heavy atom. The lowest BCUT2D eigenvalue weighted by Gasteiger charge is -2.23. The second-order valence-corrected chi connectivity index (χ2v) is 8.04. The molecule has 0 radical (unpaired) electrons. The summed E-state index contributed by atoms with van der Waals surface area (Å²) in [7, 11) is -3.75. The molecule has 1 aliphatic heterocycles. The summed E-state index contributed by atoms with van der Waals surface area (Å²) in [6, 6.07) is 3.17. The van der Waals surface area contributed by atoms with Crippen LogP contribution in [0.5, 0.6) is 0 Å². The molecular formula is C13H21N3O2S2. The minimum Gasteiger partial charge on any atom is -0.399 e. The molecule has 0 spiro atoms. The predicted octanol–water partition coefficient (Wildman–Crippen LogP) is 1.92. The molecule has 1 aromatic rings. The van der Waals surface area contributed by atoms with Crippen LogP contribution in [0.2, 0.25) is 0 Å². The minimum absolute atomic E-state index is 0.0938. The first-order valence-electron chi connectivity index (χ1n) is 6.66. The second kappa shape index (κ2) is 6.24. The number of sulfonamides is 1. The molecule has 5 nitrogen and oxygen atoms in total. The van der Waals surface area contributed by atoms with Crippen LogP contribution in [0.4, 0.5) is 11.4 Å². The Hall–Kier alpha value is -0.920. The van der Waals surface area contributed by atoms with E-state index >= 15 is 0 Å². The lowest BCUT2D eigenvalue weighted by atomic mass is 10.1. The number of thioether (sulfide) groups is 1. The fraction of sp³-hybridized carbons (Fsp3) is 0.538. The average molecular weight is 315 g/mol. The van der Waals surface area contributed by atoms with Crippen molar-refractivity contribution in [1.29, 1.82) is 0 Å². The van der Waals surface area contributed by atoms with Crippen molar-refractivity contribution >= 4 is 33.2 Å². The Kier molecular flexibility index (Phi) is 4.82. The Labute approximate surface area is 124 Å². The van der Waals surface area contributed by atoms with Crippen molar-refractivity contribution in [2.45, 2.75) is 36.3 Å². The molecule has 2 rings (SSSR count). The van der Waals surface area contributed by atoms with E-state index in [9.17, 15) is 8.42 Å². The molecule has 0 aliphatic carbocycles. The van der Waals surface area contributed by atoms with Crippen molar-refractivity contribution in [2.75, 3.05) is 23.3 Å². The van der Waals surface area contributed by atoms with Crippen LogP contribution < -0.4 is 16.2 Å². The normalized spacial score (nSPS) is 19.8. The summed E-state index contributed by atoms with van der Waals surface area (Å²) in [5, 5.41) is 9.11. The molecule has 5 N–H and O–H groups in total. The fourth-order valence-corrected chi connectivity index (χ4v) is 4.46. The Balaban J connectivity index is 2.17.